The summed E-state index contributed by atoms with van der Waals surface area (Å²) >= 11 is 7.56. The van der Waals surface area contributed by atoms with Gasteiger partial charge < -0.3 is 5.11 Å². The van der Waals surface area contributed by atoms with Crippen LogP contribution in [-0.2, 0) is 5.75 Å². The predicted octanol–water partition coefficient (Wildman–Crippen LogP) is 4.08. The molecule has 0 saturated carbocycles. The molecule has 0 saturated heterocycles. The van der Waals surface area contributed by atoms with Crippen molar-refractivity contribution < 1.29 is 5.11 Å². The maximum Gasteiger partial charge on any atom is 0.134 e. The molecular formula is C11H15ClOS. The first-order chi connectivity index (χ1) is 6.38. The molecule has 0 amide bonds. The van der Waals surface area contributed by atoms with Gasteiger partial charge in [-0.2, -0.15) is 11.8 Å². The number of thioether (sulfide) groups is 1. The Balaban J connectivity index is 2.65. The summed E-state index contributed by atoms with van der Waals surface area (Å²) in [7, 11) is 0. The van der Waals surface area contributed by atoms with Gasteiger partial charge in [0.2, 0.25) is 0 Å². The molecule has 0 bridgehead atoms. The minimum Gasteiger partial charge on any atom is -0.506 e. The van der Waals surface area contributed by atoms with Crippen LogP contribution in [-0.4, -0.2) is 9.85 Å². The minimum absolute atomic E-state index is 0.165. The zero-order valence-electron chi connectivity index (χ0n) is 8.67. The summed E-state index contributed by atoms with van der Waals surface area (Å²) in [6, 6.07) is 5.40. The lowest BCUT2D eigenvalue weighted by Crippen LogP contribution is -2.07. The fourth-order valence-electron chi connectivity index (χ4n) is 0.948. The van der Waals surface area contributed by atoms with E-state index in [4.69, 9.17) is 11.6 Å². The van der Waals surface area contributed by atoms with Crippen LogP contribution < -0.4 is 0 Å². The van der Waals surface area contributed by atoms with Crippen molar-refractivity contribution in [2.75, 3.05) is 0 Å². The number of hydrogen-bond donors (Lipinski definition) is 1. The number of phenols is 1. The lowest BCUT2D eigenvalue weighted by atomic mass is 10.2. The van der Waals surface area contributed by atoms with E-state index in [-0.39, 0.29) is 10.5 Å². The fourth-order valence-corrected chi connectivity index (χ4v) is 1.84. The summed E-state index contributed by atoms with van der Waals surface area (Å²) in [5.41, 5.74) is 1.10. The van der Waals surface area contributed by atoms with Crippen LogP contribution in [0.3, 0.4) is 0 Å². The molecule has 3 heteroatoms. The van der Waals surface area contributed by atoms with Crippen molar-refractivity contribution >= 4 is 23.4 Å². The van der Waals surface area contributed by atoms with E-state index in [1.54, 1.807) is 12.1 Å². The molecule has 1 aromatic carbocycles. The monoisotopic (exact) mass is 230 g/mol. The Bertz CT molecular complexity index is 318. The Morgan fingerprint density at radius 1 is 1.36 bits per heavy atom. The Kier molecular flexibility index (Phi) is 3.73. The van der Waals surface area contributed by atoms with Crippen LogP contribution in [0.1, 0.15) is 26.3 Å². The van der Waals surface area contributed by atoms with E-state index in [0.29, 0.717) is 5.02 Å². The van der Waals surface area contributed by atoms with E-state index < -0.39 is 0 Å². The van der Waals surface area contributed by atoms with Crippen molar-refractivity contribution in [3.63, 3.8) is 0 Å². The zero-order chi connectivity index (χ0) is 10.8. The fraction of sp³-hybridized carbons (Fsp3) is 0.455. The third-order valence-electron chi connectivity index (χ3n) is 1.68. The van der Waals surface area contributed by atoms with Gasteiger partial charge in [-0.05, 0) is 17.7 Å². The van der Waals surface area contributed by atoms with Gasteiger partial charge in [-0.3, -0.25) is 0 Å². The second kappa shape index (κ2) is 4.45. The van der Waals surface area contributed by atoms with E-state index in [9.17, 15) is 5.11 Å². The van der Waals surface area contributed by atoms with Gasteiger partial charge in [0.05, 0.1) is 5.02 Å². The number of aromatic hydroxyl groups is 1. The molecule has 1 N–H and O–H groups in total. The first kappa shape index (κ1) is 11.7. The van der Waals surface area contributed by atoms with Crippen molar-refractivity contribution in [1.82, 2.24) is 0 Å². The lowest BCUT2D eigenvalue weighted by Gasteiger charge is -2.17. The van der Waals surface area contributed by atoms with Crippen molar-refractivity contribution in [3.05, 3.63) is 28.8 Å². The van der Waals surface area contributed by atoms with Crippen molar-refractivity contribution in [3.8, 4) is 5.75 Å². The molecule has 0 spiro atoms. The lowest BCUT2D eigenvalue weighted by molar-refractivity contribution is 0.475. The summed E-state index contributed by atoms with van der Waals surface area (Å²) in [4.78, 5) is 0. The molecule has 0 fully saturated rings. The Morgan fingerprint density at radius 2 is 2.00 bits per heavy atom. The molecular weight excluding hydrogens is 216 g/mol. The largest absolute Gasteiger partial charge is 0.506 e. The Morgan fingerprint density at radius 3 is 2.50 bits per heavy atom. The SMILES string of the molecule is CC(C)(C)SCc1ccc(Cl)c(O)c1. The number of phenolic OH excluding ortho intramolecular Hbond substituents is 1. The molecule has 78 valence electrons. The van der Waals surface area contributed by atoms with Gasteiger partial charge in [0.25, 0.3) is 0 Å². The quantitative estimate of drug-likeness (QED) is 0.826. The first-order valence-electron chi connectivity index (χ1n) is 4.50. The first-order valence-corrected chi connectivity index (χ1v) is 5.86. The molecule has 0 radical (unpaired) electrons. The minimum atomic E-state index is 0.165. The molecule has 0 unspecified atom stereocenters. The highest BCUT2D eigenvalue weighted by Crippen LogP contribution is 2.30. The summed E-state index contributed by atoms with van der Waals surface area (Å²) in [5.74, 6) is 1.06. The second-order valence-corrected chi connectivity index (χ2v) is 6.40. The molecule has 0 aliphatic heterocycles. The van der Waals surface area contributed by atoms with Crippen molar-refractivity contribution in [2.24, 2.45) is 0 Å². The second-order valence-electron chi connectivity index (χ2n) is 4.19. The predicted molar refractivity (Wildman–Crippen MR) is 64.2 cm³/mol. The van der Waals surface area contributed by atoms with Crippen molar-refractivity contribution in [1.29, 1.82) is 0 Å². The average molecular weight is 231 g/mol. The highest BCUT2D eigenvalue weighted by molar-refractivity contribution is 7.99. The van der Waals surface area contributed by atoms with Crippen LogP contribution in [0.25, 0.3) is 0 Å². The summed E-state index contributed by atoms with van der Waals surface area (Å²) in [5, 5.41) is 9.80. The Hall–Kier alpha value is -0.340. The van der Waals surface area contributed by atoms with Crippen LogP contribution in [0.15, 0.2) is 18.2 Å². The summed E-state index contributed by atoms with van der Waals surface area (Å²) in [6.45, 7) is 6.52. The molecule has 0 aliphatic rings. The average Bonchev–Trinajstić information content (AvgIpc) is 2.06. The van der Waals surface area contributed by atoms with Crippen LogP contribution >= 0.6 is 23.4 Å². The van der Waals surface area contributed by atoms with Crippen molar-refractivity contribution in [2.45, 2.75) is 31.3 Å². The van der Waals surface area contributed by atoms with Crippen LogP contribution in [0.5, 0.6) is 5.75 Å². The van der Waals surface area contributed by atoms with E-state index >= 15 is 0 Å². The highest BCUT2D eigenvalue weighted by Gasteiger charge is 2.10. The van der Waals surface area contributed by atoms with E-state index in [0.717, 1.165) is 11.3 Å². The smallest absolute Gasteiger partial charge is 0.134 e. The standard InChI is InChI=1S/C11H15ClOS/c1-11(2,3)14-7-8-4-5-9(12)10(13)6-8/h4-6,13H,7H2,1-3H3. The van der Waals surface area contributed by atoms with Gasteiger partial charge in [-0.25, -0.2) is 0 Å². The summed E-state index contributed by atoms with van der Waals surface area (Å²) < 4.78 is 0.245. The summed E-state index contributed by atoms with van der Waals surface area (Å²) in [6.07, 6.45) is 0. The zero-order valence-corrected chi connectivity index (χ0v) is 10.2. The number of halogens is 1. The van der Waals surface area contributed by atoms with Crippen LogP contribution in [0.2, 0.25) is 5.02 Å². The maximum atomic E-state index is 9.39. The number of rotatable bonds is 2. The van der Waals surface area contributed by atoms with Gasteiger partial charge in [-0.15, -0.1) is 0 Å². The third kappa shape index (κ3) is 3.81. The molecule has 0 atom stereocenters. The van der Waals surface area contributed by atoms with Gasteiger partial charge in [-0.1, -0.05) is 38.4 Å². The maximum absolute atomic E-state index is 9.39. The highest BCUT2D eigenvalue weighted by atomic mass is 35.5. The normalized spacial score (nSPS) is 11.7. The number of benzene rings is 1. The van der Waals surface area contributed by atoms with Crippen LogP contribution in [0, 0.1) is 0 Å². The van der Waals surface area contributed by atoms with Gasteiger partial charge in [0.1, 0.15) is 5.75 Å². The molecule has 1 aromatic rings. The molecule has 14 heavy (non-hydrogen) atoms. The topological polar surface area (TPSA) is 20.2 Å². The van der Waals surface area contributed by atoms with Gasteiger partial charge in [0.15, 0.2) is 0 Å². The molecule has 0 aliphatic carbocycles. The number of hydrogen-bond acceptors (Lipinski definition) is 2. The van der Waals surface area contributed by atoms with Crippen LogP contribution in [0.4, 0.5) is 0 Å². The van der Waals surface area contributed by atoms with Gasteiger partial charge >= 0.3 is 0 Å². The van der Waals surface area contributed by atoms with E-state index in [1.807, 2.05) is 17.8 Å². The molecule has 0 aromatic heterocycles. The van der Waals surface area contributed by atoms with Gasteiger partial charge in [0, 0.05) is 10.5 Å². The molecule has 1 nitrogen and oxygen atoms in total. The third-order valence-corrected chi connectivity index (χ3v) is 3.35. The van der Waals surface area contributed by atoms with E-state index in [1.165, 1.54) is 0 Å². The molecule has 0 heterocycles. The van der Waals surface area contributed by atoms with E-state index in [2.05, 4.69) is 20.8 Å². The Labute approximate surface area is 94.5 Å². The molecule has 1 rings (SSSR count).